The number of aromatic nitrogens is 2. The van der Waals surface area contributed by atoms with Crippen LogP contribution in [0.3, 0.4) is 0 Å². The minimum atomic E-state index is 0.638. The average Bonchev–Trinajstić information content (AvgIpc) is 3.91. The van der Waals surface area contributed by atoms with Gasteiger partial charge in [0.05, 0.1) is 11.2 Å². The second-order valence-electron chi connectivity index (χ2n) is 15.3. The summed E-state index contributed by atoms with van der Waals surface area (Å²) in [7, 11) is 0. The molecule has 12 aromatic rings. The molecular weight excluding hydrogens is 733 g/mol. The third kappa shape index (κ3) is 5.69. The highest BCUT2D eigenvalue weighted by atomic mass is 16.3. The molecule has 0 radical (unpaired) electrons. The summed E-state index contributed by atoms with van der Waals surface area (Å²) < 4.78 is 13.0. The number of rotatable bonds is 6. The Morgan fingerprint density at radius 3 is 1.50 bits per heavy atom. The summed E-state index contributed by atoms with van der Waals surface area (Å²) in [5, 5.41) is 5.08. The van der Waals surface area contributed by atoms with Crippen LogP contribution < -0.4 is 0 Å². The van der Waals surface area contributed by atoms with Crippen LogP contribution in [0.4, 0.5) is 0 Å². The van der Waals surface area contributed by atoms with Crippen LogP contribution in [0.1, 0.15) is 0 Å². The summed E-state index contributed by atoms with van der Waals surface area (Å²) >= 11 is 0. The van der Waals surface area contributed by atoms with E-state index in [4.69, 9.17) is 18.8 Å². The molecule has 0 spiro atoms. The maximum absolute atomic E-state index is 6.62. The first-order valence-corrected chi connectivity index (χ1v) is 20.2. The maximum Gasteiger partial charge on any atom is 0.160 e. The monoisotopic (exact) mass is 766 g/mol. The van der Waals surface area contributed by atoms with Gasteiger partial charge in [0.1, 0.15) is 22.3 Å². The molecule has 0 aliphatic rings. The maximum atomic E-state index is 6.62. The van der Waals surface area contributed by atoms with Gasteiger partial charge in [0, 0.05) is 38.1 Å². The molecular formula is C56H34N2O2. The summed E-state index contributed by atoms with van der Waals surface area (Å²) in [5.74, 6) is 0.638. The van der Waals surface area contributed by atoms with Crippen molar-refractivity contribution in [1.82, 2.24) is 9.97 Å². The Balaban J connectivity index is 1.02. The van der Waals surface area contributed by atoms with Crippen LogP contribution >= 0.6 is 0 Å². The van der Waals surface area contributed by atoms with Crippen molar-refractivity contribution in [3.63, 3.8) is 0 Å². The van der Waals surface area contributed by atoms with Gasteiger partial charge in [0.2, 0.25) is 0 Å². The molecule has 0 unspecified atom stereocenters. The van der Waals surface area contributed by atoms with E-state index in [9.17, 15) is 0 Å². The van der Waals surface area contributed by atoms with Gasteiger partial charge in [0.25, 0.3) is 0 Å². The first-order chi connectivity index (χ1) is 29.7. The third-order valence-corrected chi connectivity index (χ3v) is 11.7. The predicted octanol–water partition coefficient (Wildman–Crippen LogP) is 15.4. The van der Waals surface area contributed by atoms with Gasteiger partial charge >= 0.3 is 0 Å². The fourth-order valence-corrected chi connectivity index (χ4v) is 8.80. The smallest absolute Gasteiger partial charge is 0.160 e. The van der Waals surface area contributed by atoms with Gasteiger partial charge in [0.15, 0.2) is 5.82 Å². The minimum Gasteiger partial charge on any atom is -0.456 e. The fourth-order valence-electron chi connectivity index (χ4n) is 8.80. The SMILES string of the molecule is c1ccc(-c2cc(-c3ccccc3)cc(-c3cccc(-c4cccc(-c5nc(-c6cccc7c6oc6ccccc67)c6c(ccc7oc8ccccc8c76)n5)c4)c3)c2)cc1. The van der Waals surface area contributed by atoms with Gasteiger partial charge in [-0.1, -0.05) is 146 Å². The summed E-state index contributed by atoms with van der Waals surface area (Å²) in [4.78, 5) is 10.7. The fraction of sp³-hybridized carbons (Fsp3) is 0. The molecule has 12 rings (SSSR count). The number of benzene rings is 9. The number of nitrogens with zero attached hydrogens (tertiary/aromatic N) is 2. The highest BCUT2D eigenvalue weighted by Gasteiger charge is 2.22. The van der Waals surface area contributed by atoms with E-state index < -0.39 is 0 Å². The molecule has 4 nitrogen and oxygen atoms in total. The topological polar surface area (TPSA) is 52.1 Å². The van der Waals surface area contributed by atoms with Crippen LogP contribution in [-0.2, 0) is 0 Å². The van der Waals surface area contributed by atoms with Crippen molar-refractivity contribution in [3.05, 3.63) is 206 Å². The Labute approximate surface area is 345 Å². The van der Waals surface area contributed by atoms with Crippen molar-refractivity contribution < 1.29 is 8.83 Å². The van der Waals surface area contributed by atoms with Crippen LogP contribution in [0.15, 0.2) is 215 Å². The zero-order valence-corrected chi connectivity index (χ0v) is 32.3. The van der Waals surface area contributed by atoms with Gasteiger partial charge in [-0.3, -0.25) is 0 Å². The molecule has 4 heteroatoms. The van der Waals surface area contributed by atoms with E-state index in [1.165, 1.54) is 22.3 Å². The van der Waals surface area contributed by atoms with Crippen molar-refractivity contribution >= 4 is 54.8 Å². The van der Waals surface area contributed by atoms with E-state index in [0.717, 1.165) is 93.9 Å². The van der Waals surface area contributed by atoms with Crippen molar-refractivity contribution in [2.24, 2.45) is 0 Å². The Kier molecular flexibility index (Phi) is 7.82. The van der Waals surface area contributed by atoms with Crippen LogP contribution in [-0.4, -0.2) is 9.97 Å². The van der Waals surface area contributed by atoms with Crippen molar-refractivity contribution in [3.8, 4) is 67.2 Å². The summed E-state index contributed by atoms with van der Waals surface area (Å²) in [6, 6.07) is 72.2. The van der Waals surface area contributed by atoms with Crippen LogP contribution in [0.5, 0.6) is 0 Å². The van der Waals surface area contributed by atoms with Gasteiger partial charge < -0.3 is 8.83 Å². The Morgan fingerprint density at radius 2 is 0.800 bits per heavy atom. The molecule has 9 aromatic carbocycles. The first-order valence-electron chi connectivity index (χ1n) is 20.2. The molecule has 60 heavy (non-hydrogen) atoms. The molecule has 0 aliphatic carbocycles. The largest absolute Gasteiger partial charge is 0.456 e. The van der Waals surface area contributed by atoms with Crippen molar-refractivity contribution in [2.75, 3.05) is 0 Å². The number of fused-ring (bicyclic) bond motifs is 8. The first kappa shape index (κ1) is 34.0. The van der Waals surface area contributed by atoms with E-state index in [1.807, 2.05) is 42.5 Å². The number of para-hydroxylation sites is 3. The molecule has 3 heterocycles. The van der Waals surface area contributed by atoms with E-state index in [2.05, 4.69) is 164 Å². The lowest BCUT2D eigenvalue weighted by atomic mass is 9.92. The van der Waals surface area contributed by atoms with Gasteiger partial charge in [-0.15, -0.1) is 0 Å². The molecule has 0 saturated carbocycles. The molecule has 0 N–H and O–H groups in total. The molecule has 0 aliphatic heterocycles. The Morgan fingerprint density at radius 1 is 0.300 bits per heavy atom. The Bertz CT molecular complexity index is 3540. The highest BCUT2D eigenvalue weighted by Crippen LogP contribution is 2.43. The van der Waals surface area contributed by atoms with Gasteiger partial charge in [-0.05, 0) is 105 Å². The van der Waals surface area contributed by atoms with Gasteiger partial charge in [-0.2, -0.15) is 0 Å². The molecule has 3 aromatic heterocycles. The number of furan rings is 2. The van der Waals surface area contributed by atoms with Crippen LogP contribution in [0, 0.1) is 0 Å². The number of hydrogen-bond donors (Lipinski definition) is 0. The molecule has 0 atom stereocenters. The van der Waals surface area contributed by atoms with Crippen LogP contribution in [0.2, 0.25) is 0 Å². The van der Waals surface area contributed by atoms with Crippen molar-refractivity contribution in [2.45, 2.75) is 0 Å². The van der Waals surface area contributed by atoms with E-state index in [1.54, 1.807) is 0 Å². The zero-order chi connectivity index (χ0) is 39.6. The summed E-state index contributed by atoms with van der Waals surface area (Å²) in [6.45, 7) is 0. The molecule has 0 fully saturated rings. The minimum absolute atomic E-state index is 0.638. The van der Waals surface area contributed by atoms with E-state index in [-0.39, 0.29) is 0 Å². The molecule has 280 valence electrons. The lowest BCUT2D eigenvalue weighted by molar-refractivity contribution is 0.668. The van der Waals surface area contributed by atoms with Crippen LogP contribution in [0.25, 0.3) is 122 Å². The summed E-state index contributed by atoms with van der Waals surface area (Å²) in [5.41, 5.74) is 16.0. The second-order valence-corrected chi connectivity index (χ2v) is 15.3. The predicted molar refractivity (Wildman–Crippen MR) is 247 cm³/mol. The normalized spacial score (nSPS) is 11.7. The lowest BCUT2D eigenvalue weighted by Gasteiger charge is -2.13. The molecule has 0 amide bonds. The van der Waals surface area contributed by atoms with E-state index in [0.29, 0.717) is 5.82 Å². The molecule has 0 saturated heterocycles. The Hall–Kier alpha value is -8.08. The average molecular weight is 767 g/mol. The third-order valence-electron chi connectivity index (χ3n) is 11.7. The van der Waals surface area contributed by atoms with Crippen molar-refractivity contribution in [1.29, 1.82) is 0 Å². The summed E-state index contributed by atoms with van der Waals surface area (Å²) in [6.07, 6.45) is 0. The quantitative estimate of drug-likeness (QED) is 0.169. The zero-order valence-electron chi connectivity index (χ0n) is 32.3. The lowest BCUT2D eigenvalue weighted by Crippen LogP contribution is -1.96. The van der Waals surface area contributed by atoms with E-state index >= 15 is 0 Å². The number of hydrogen-bond acceptors (Lipinski definition) is 4. The van der Waals surface area contributed by atoms with Gasteiger partial charge in [-0.25, -0.2) is 9.97 Å². The highest BCUT2D eigenvalue weighted by molar-refractivity contribution is 6.23. The molecule has 0 bridgehead atoms. The standard InChI is InChI=1S/C56H34N2O2/c1-3-14-35(15-4-1)41-32-42(36-16-5-2-6-17-36)34-43(33-41)39-20-11-18-37(30-39)38-19-12-21-40(31-38)56-57-48-28-29-51-52(46-23-8-10-27-50(46)59-51)53(48)54(58-56)47-25-13-24-45-44-22-7-9-26-49(44)60-55(45)47/h1-34H. The second kappa shape index (κ2) is 13.8.